The summed E-state index contributed by atoms with van der Waals surface area (Å²) in [6.45, 7) is 8.45. The van der Waals surface area contributed by atoms with Gasteiger partial charge in [0.1, 0.15) is 0 Å². The van der Waals surface area contributed by atoms with Crippen molar-refractivity contribution in [2.75, 3.05) is 31.1 Å². The van der Waals surface area contributed by atoms with Gasteiger partial charge in [-0.05, 0) is 36.8 Å². The molecule has 1 aromatic heterocycles. The maximum Gasteiger partial charge on any atom is 0.225 e. The summed E-state index contributed by atoms with van der Waals surface area (Å²) in [6.07, 6.45) is 4.18. The van der Waals surface area contributed by atoms with Gasteiger partial charge >= 0.3 is 0 Å². The van der Waals surface area contributed by atoms with Gasteiger partial charge < -0.3 is 4.90 Å². The quantitative estimate of drug-likeness (QED) is 0.752. The number of sulfone groups is 1. The van der Waals surface area contributed by atoms with Crippen molar-refractivity contribution in [2.24, 2.45) is 5.92 Å². The number of aromatic nitrogens is 2. The summed E-state index contributed by atoms with van der Waals surface area (Å²) >= 11 is 0. The lowest BCUT2D eigenvalue weighted by Crippen LogP contribution is -2.38. The van der Waals surface area contributed by atoms with Gasteiger partial charge in [0.2, 0.25) is 5.95 Å². The van der Waals surface area contributed by atoms with Crippen LogP contribution in [0.15, 0.2) is 30.5 Å². The highest BCUT2D eigenvalue weighted by atomic mass is 32.2. The standard InChI is InChI=1S/C23H30N4O2S/c1-16-6-5-9-27(11-16)23-24-10-19-15-30(28,29)21-14-26(13-20(21)22(19)25-23)12-18-8-4-3-7-17(18)2/h3-4,7-8,10,16,20-21H,5-6,9,11-15H2,1-2H3/t16?,20-,21+/m0/s1. The Kier molecular flexibility index (Phi) is 5.06. The van der Waals surface area contributed by atoms with Crippen LogP contribution in [0.1, 0.15) is 48.1 Å². The molecule has 3 atom stereocenters. The lowest BCUT2D eigenvalue weighted by atomic mass is 9.99. The van der Waals surface area contributed by atoms with Crippen LogP contribution in [0.2, 0.25) is 0 Å². The van der Waals surface area contributed by atoms with Gasteiger partial charge in [0.15, 0.2) is 9.84 Å². The summed E-state index contributed by atoms with van der Waals surface area (Å²) in [5.74, 6) is 1.42. The van der Waals surface area contributed by atoms with Gasteiger partial charge in [-0.1, -0.05) is 31.2 Å². The Morgan fingerprint density at radius 2 is 2.00 bits per heavy atom. The molecule has 160 valence electrons. The van der Waals surface area contributed by atoms with Crippen molar-refractivity contribution in [1.29, 1.82) is 0 Å². The molecule has 0 amide bonds. The van der Waals surface area contributed by atoms with E-state index in [1.54, 1.807) is 6.20 Å². The van der Waals surface area contributed by atoms with E-state index < -0.39 is 9.84 Å². The Bertz CT molecular complexity index is 1050. The van der Waals surface area contributed by atoms with E-state index in [1.807, 2.05) is 6.07 Å². The molecule has 0 aliphatic carbocycles. The Morgan fingerprint density at radius 1 is 1.17 bits per heavy atom. The molecule has 5 rings (SSSR count). The van der Waals surface area contributed by atoms with Crippen LogP contribution in [-0.4, -0.2) is 54.7 Å². The van der Waals surface area contributed by atoms with Crippen molar-refractivity contribution < 1.29 is 8.42 Å². The minimum atomic E-state index is -3.19. The second kappa shape index (κ2) is 7.61. The molecule has 4 heterocycles. The van der Waals surface area contributed by atoms with Crippen LogP contribution in [0, 0.1) is 12.8 Å². The number of likely N-dealkylation sites (tertiary alicyclic amines) is 1. The van der Waals surface area contributed by atoms with E-state index in [1.165, 1.54) is 17.5 Å². The maximum absolute atomic E-state index is 13.0. The molecule has 2 saturated heterocycles. The van der Waals surface area contributed by atoms with Crippen LogP contribution >= 0.6 is 0 Å². The number of hydrogen-bond acceptors (Lipinski definition) is 6. The predicted molar refractivity (Wildman–Crippen MR) is 118 cm³/mol. The van der Waals surface area contributed by atoms with Crippen molar-refractivity contribution in [3.63, 3.8) is 0 Å². The summed E-state index contributed by atoms with van der Waals surface area (Å²) in [5.41, 5.74) is 4.27. The molecule has 30 heavy (non-hydrogen) atoms. The molecule has 3 aliphatic rings. The Labute approximate surface area is 179 Å². The normalized spacial score (nSPS) is 28.2. The third kappa shape index (κ3) is 3.62. The van der Waals surface area contributed by atoms with Crippen LogP contribution in [0.25, 0.3) is 0 Å². The fraction of sp³-hybridized carbons (Fsp3) is 0.565. The van der Waals surface area contributed by atoms with E-state index in [4.69, 9.17) is 4.98 Å². The summed E-state index contributed by atoms with van der Waals surface area (Å²) in [5, 5.41) is -0.364. The first kappa shape index (κ1) is 19.9. The number of piperidine rings is 1. The first-order valence-corrected chi connectivity index (χ1v) is 12.7. The van der Waals surface area contributed by atoms with Gasteiger partial charge in [0.05, 0.1) is 16.7 Å². The second-order valence-corrected chi connectivity index (χ2v) is 11.6. The Morgan fingerprint density at radius 3 is 2.80 bits per heavy atom. The average molecular weight is 427 g/mol. The van der Waals surface area contributed by atoms with Crippen molar-refractivity contribution in [3.8, 4) is 0 Å². The second-order valence-electron chi connectivity index (χ2n) is 9.35. The zero-order valence-corrected chi connectivity index (χ0v) is 18.6. The smallest absolute Gasteiger partial charge is 0.225 e. The summed E-state index contributed by atoms with van der Waals surface area (Å²) < 4.78 is 26.1. The van der Waals surface area contributed by atoms with Gasteiger partial charge in [-0.3, -0.25) is 4.90 Å². The van der Waals surface area contributed by atoms with E-state index in [9.17, 15) is 8.42 Å². The topological polar surface area (TPSA) is 66.4 Å². The van der Waals surface area contributed by atoms with Crippen LogP contribution in [-0.2, 0) is 22.1 Å². The average Bonchev–Trinajstić information content (AvgIpc) is 3.15. The lowest BCUT2D eigenvalue weighted by molar-refractivity contribution is 0.326. The number of aryl methyl sites for hydroxylation is 1. The number of nitrogens with zero attached hydrogens (tertiary/aromatic N) is 4. The van der Waals surface area contributed by atoms with Crippen molar-refractivity contribution in [3.05, 3.63) is 52.8 Å². The lowest BCUT2D eigenvalue weighted by Gasteiger charge is -2.32. The minimum Gasteiger partial charge on any atom is -0.341 e. The third-order valence-electron chi connectivity index (χ3n) is 6.99. The number of fused-ring (bicyclic) bond motifs is 3. The molecule has 1 aromatic carbocycles. The van der Waals surface area contributed by atoms with E-state index >= 15 is 0 Å². The molecule has 1 unspecified atom stereocenters. The van der Waals surface area contributed by atoms with Crippen molar-refractivity contribution >= 4 is 15.8 Å². The van der Waals surface area contributed by atoms with Gasteiger partial charge in [-0.15, -0.1) is 0 Å². The number of rotatable bonds is 3. The first-order chi connectivity index (χ1) is 14.4. The van der Waals surface area contributed by atoms with Gasteiger partial charge in [0, 0.05) is 50.4 Å². The highest BCUT2D eigenvalue weighted by Gasteiger charge is 2.47. The van der Waals surface area contributed by atoms with Gasteiger partial charge in [0.25, 0.3) is 0 Å². The van der Waals surface area contributed by atoms with Crippen molar-refractivity contribution in [1.82, 2.24) is 14.9 Å². The van der Waals surface area contributed by atoms with E-state index in [2.05, 4.69) is 46.8 Å². The molecule has 0 spiro atoms. The maximum atomic E-state index is 13.0. The highest BCUT2D eigenvalue weighted by Crippen LogP contribution is 2.40. The minimum absolute atomic E-state index is 0.0632. The predicted octanol–water partition coefficient (Wildman–Crippen LogP) is 2.92. The molecule has 0 N–H and O–H groups in total. The molecular weight excluding hydrogens is 396 g/mol. The fourth-order valence-electron chi connectivity index (χ4n) is 5.33. The summed E-state index contributed by atoms with van der Waals surface area (Å²) in [6, 6.07) is 8.35. The van der Waals surface area contributed by atoms with Crippen LogP contribution in [0.4, 0.5) is 5.95 Å². The monoisotopic (exact) mass is 426 g/mol. The third-order valence-corrected chi connectivity index (χ3v) is 9.10. The largest absolute Gasteiger partial charge is 0.341 e. The molecule has 0 radical (unpaired) electrons. The van der Waals surface area contributed by atoms with Crippen molar-refractivity contribution in [2.45, 2.75) is 50.2 Å². The first-order valence-electron chi connectivity index (χ1n) is 11.0. The zero-order chi connectivity index (χ0) is 20.9. The fourth-order valence-corrected chi connectivity index (χ4v) is 7.35. The number of hydrogen-bond donors (Lipinski definition) is 0. The number of benzene rings is 1. The SMILES string of the molecule is Cc1ccccc1CN1C[C@@H]2c3nc(N4CCCC(C)C4)ncc3CS(=O)(=O)[C@@H]2C1. The van der Waals surface area contributed by atoms with Crippen LogP contribution < -0.4 is 4.90 Å². The van der Waals surface area contributed by atoms with Gasteiger partial charge in [-0.2, -0.15) is 0 Å². The van der Waals surface area contributed by atoms with Crippen LogP contribution in [0.5, 0.6) is 0 Å². The molecule has 6 nitrogen and oxygen atoms in total. The molecule has 3 aliphatic heterocycles. The number of anilines is 1. The molecule has 7 heteroatoms. The Hall–Kier alpha value is -1.99. The summed E-state index contributed by atoms with van der Waals surface area (Å²) in [4.78, 5) is 14.1. The molecule has 2 aromatic rings. The molecular formula is C23H30N4O2S. The highest BCUT2D eigenvalue weighted by molar-refractivity contribution is 7.91. The zero-order valence-electron chi connectivity index (χ0n) is 17.8. The van der Waals surface area contributed by atoms with E-state index in [0.29, 0.717) is 12.5 Å². The van der Waals surface area contributed by atoms with Gasteiger partial charge in [-0.25, -0.2) is 18.4 Å². The molecule has 2 fully saturated rings. The Balaban J connectivity index is 1.44. The molecule has 0 saturated carbocycles. The molecule has 0 bridgehead atoms. The van der Waals surface area contributed by atoms with Crippen LogP contribution in [0.3, 0.4) is 0 Å². The summed E-state index contributed by atoms with van der Waals surface area (Å²) in [7, 11) is -3.19. The van der Waals surface area contributed by atoms with E-state index in [0.717, 1.165) is 49.8 Å². The van der Waals surface area contributed by atoms with E-state index in [-0.39, 0.29) is 16.9 Å².